The number of ether oxygens (including phenoxy) is 1. The molecule has 0 atom stereocenters. The van der Waals surface area contributed by atoms with Crippen LogP contribution in [0.4, 0.5) is 0 Å². The lowest BCUT2D eigenvalue weighted by Crippen LogP contribution is -2.05. The first-order valence-corrected chi connectivity index (χ1v) is 9.36. The molecule has 3 heteroatoms. The molecule has 0 radical (unpaired) electrons. The molecule has 25 heavy (non-hydrogen) atoms. The Labute approximate surface area is 152 Å². The number of fused-ring (bicyclic) bond motifs is 1. The number of rotatable bonds is 2. The van der Waals surface area contributed by atoms with Gasteiger partial charge in [0.2, 0.25) is 0 Å². The molecule has 0 saturated heterocycles. The van der Waals surface area contributed by atoms with Gasteiger partial charge in [-0.25, -0.2) is 0 Å². The molecule has 0 unspecified atom stereocenters. The average molecular weight is 344 g/mol. The molecular formula is C22H33NO2. The quantitative estimate of drug-likeness (QED) is 0.690. The highest BCUT2D eigenvalue weighted by molar-refractivity contribution is 5.83. The van der Waals surface area contributed by atoms with Crippen molar-refractivity contribution in [1.29, 1.82) is 0 Å². The Kier molecular flexibility index (Phi) is 11.9. The van der Waals surface area contributed by atoms with E-state index in [4.69, 9.17) is 4.74 Å². The van der Waals surface area contributed by atoms with Crippen LogP contribution in [0.25, 0.3) is 16.5 Å². The molecule has 3 nitrogen and oxygen atoms in total. The number of aromatic amines is 1. The van der Waals surface area contributed by atoms with E-state index in [-0.39, 0.29) is 5.43 Å². The topological polar surface area (TPSA) is 42.1 Å². The van der Waals surface area contributed by atoms with Crippen LogP contribution in [0.1, 0.15) is 60.1 Å². The summed E-state index contributed by atoms with van der Waals surface area (Å²) in [6.45, 7) is 12.0. The first kappa shape index (κ1) is 22.7. The van der Waals surface area contributed by atoms with Crippen LogP contribution in [0.5, 0.6) is 5.75 Å². The Bertz CT molecular complexity index is 739. The van der Waals surface area contributed by atoms with E-state index in [1.807, 2.05) is 47.6 Å². The van der Waals surface area contributed by atoms with Crippen molar-refractivity contribution < 1.29 is 4.74 Å². The highest BCUT2D eigenvalue weighted by atomic mass is 16.5. The van der Waals surface area contributed by atoms with E-state index >= 15 is 0 Å². The largest absolute Gasteiger partial charge is 0.497 e. The third kappa shape index (κ3) is 6.26. The van der Waals surface area contributed by atoms with Crippen molar-refractivity contribution in [2.45, 2.75) is 54.4 Å². The number of hydrogen-bond acceptors (Lipinski definition) is 2. The van der Waals surface area contributed by atoms with Gasteiger partial charge in [-0.2, -0.15) is 0 Å². The lowest BCUT2D eigenvalue weighted by atomic mass is 10.0. The summed E-state index contributed by atoms with van der Waals surface area (Å²) in [7, 11) is 1.62. The normalized spacial score (nSPS) is 11.7. The minimum Gasteiger partial charge on any atom is -0.497 e. The van der Waals surface area contributed by atoms with Crippen molar-refractivity contribution in [2.24, 2.45) is 0 Å². The lowest BCUT2D eigenvalue weighted by Gasteiger charge is -2.09. The number of benzene rings is 1. The summed E-state index contributed by atoms with van der Waals surface area (Å²) in [6, 6.07) is 7.11. The summed E-state index contributed by atoms with van der Waals surface area (Å²) in [5, 5.41) is 0.685. The van der Waals surface area contributed by atoms with E-state index in [1.54, 1.807) is 25.3 Å². The Balaban J connectivity index is 0.000000871. The molecule has 0 spiro atoms. The van der Waals surface area contributed by atoms with E-state index in [2.05, 4.69) is 23.2 Å². The summed E-state index contributed by atoms with van der Waals surface area (Å²) in [6.07, 6.45) is 8.42. The van der Waals surface area contributed by atoms with Gasteiger partial charge in [-0.15, -0.1) is 0 Å². The van der Waals surface area contributed by atoms with Gasteiger partial charge in [0.1, 0.15) is 5.75 Å². The standard InChI is InChI=1S/C16H15NO2.3C2H6/c1-19-12-7-8-13-15(9-12)17-14(10-16(13)18)11-5-3-2-4-6-11;3*1-2/h3,5-10H,2,4H2,1H3,(H,17,18);3*1-2H3. The van der Waals surface area contributed by atoms with Crippen molar-refractivity contribution in [1.82, 2.24) is 4.98 Å². The minimum atomic E-state index is 0.0336. The summed E-state index contributed by atoms with van der Waals surface area (Å²) < 4.78 is 5.20. The Morgan fingerprint density at radius 1 is 0.960 bits per heavy atom. The molecule has 3 rings (SSSR count). The highest BCUT2D eigenvalue weighted by Crippen LogP contribution is 2.22. The predicted octanol–water partition coefficient (Wildman–Crippen LogP) is 6.35. The first-order valence-electron chi connectivity index (χ1n) is 9.36. The van der Waals surface area contributed by atoms with Crippen LogP contribution in [-0.4, -0.2) is 12.1 Å². The summed E-state index contributed by atoms with van der Waals surface area (Å²) in [5.41, 5.74) is 2.78. The van der Waals surface area contributed by atoms with E-state index < -0.39 is 0 Å². The van der Waals surface area contributed by atoms with Crippen LogP contribution in [0.3, 0.4) is 0 Å². The number of hydrogen-bond donors (Lipinski definition) is 1. The number of methoxy groups -OCH3 is 1. The number of nitrogens with one attached hydrogen (secondary N) is 1. The second-order valence-corrected chi connectivity index (χ2v) is 4.60. The third-order valence-electron chi connectivity index (χ3n) is 3.34. The van der Waals surface area contributed by atoms with Gasteiger partial charge in [0.25, 0.3) is 0 Å². The smallest absolute Gasteiger partial charge is 0.190 e. The zero-order valence-electron chi connectivity index (χ0n) is 16.8. The van der Waals surface area contributed by atoms with Gasteiger partial charge in [-0.05, 0) is 30.5 Å². The fourth-order valence-electron chi connectivity index (χ4n) is 2.33. The van der Waals surface area contributed by atoms with Gasteiger partial charge in [-0.1, -0.05) is 59.8 Å². The molecule has 2 aromatic rings. The monoisotopic (exact) mass is 343 g/mol. The second-order valence-electron chi connectivity index (χ2n) is 4.60. The maximum absolute atomic E-state index is 12.1. The molecule has 1 aromatic heterocycles. The van der Waals surface area contributed by atoms with Gasteiger partial charge in [0, 0.05) is 23.2 Å². The summed E-state index contributed by atoms with van der Waals surface area (Å²) >= 11 is 0. The van der Waals surface area contributed by atoms with Crippen LogP contribution in [0.15, 0.2) is 47.3 Å². The van der Waals surface area contributed by atoms with Crippen molar-refractivity contribution in [2.75, 3.05) is 7.11 Å². The second kappa shape index (κ2) is 13.1. The minimum absolute atomic E-state index is 0.0336. The molecule has 1 aliphatic rings. The molecule has 1 N–H and O–H groups in total. The maximum Gasteiger partial charge on any atom is 0.190 e. The molecule has 0 bridgehead atoms. The lowest BCUT2D eigenvalue weighted by molar-refractivity contribution is 0.415. The molecule has 0 amide bonds. The van der Waals surface area contributed by atoms with Crippen molar-refractivity contribution >= 4 is 16.5 Å². The first-order chi connectivity index (χ1) is 12.3. The van der Waals surface area contributed by atoms with Gasteiger partial charge in [0.05, 0.1) is 12.6 Å². The third-order valence-corrected chi connectivity index (χ3v) is 3.34. The molecule has 0 aliphatic heterocycles. The molecule has 1 aliphatic carbocycles. The maximum atomic E-state index is 12.1. The van der Waals surface area contributed by atoms with Crippen LogP contribution in [0, 0.1) is 0 Å². The van der Waals surface area contributed by atoms with Crippen LogP contribution < -0.4 is 10.2 Å². The zero-order chi connectivity index (χ0) is 19.2. The van der Waals surface area contributed by atoms with E-state index in [1.165, 1.54) is 0 Å². The van der Waals surface area contributed by atoms with Gasteiger partial charge >= 0.3 is 0 Å². The number of pyridine rings is 1. The van der Waals surface area contributed by atoms with Crippen LogP contribution in [0.2, 0.25) is 0 Å². The molecule has 1 aromatic carbocycles. The number of aromatic nitrogens is 1. The summed E-state index contributed by atoms with van der Waals surface area (Å²) in [5.74, 6) is 0.744. The molecule has 0 fully saturated rings. The van der Waals surface area contributed by atoms with Crippen molar-refractivity contribution in [3.05, 3.63) is 58.4 Å². The Hall–Kier alpha value is -2.29. The van der Waals surface area contributed by atoms with Crippen LogP contribution in [-0.2, 0) is 0 Å². The molecule has 138 valence electrons. The highest BCUT2D eigenvalue weighted by Gasteiger charge is 2.07. The average Bonchev–Trinajstić information content (AvgIpc) is 2.72. The Morgan fingerprint density at radius 2 is 1.64 bits per heavy atom. The van der Waals surface area contributed by atoms with Crippen LogP contribution >= 0.6 is 0 Å². The summed E-state index contributed by atoms with van der Waals surface area (Å²) in [4.78, 5) is 15.4. The number of H-pyrrole nitrogens is 1. The molecular weight excluding hydrogens is 310 g/mol. The van der Waals surface area contributed by atoms with Crippen molar-refractivity contribution in [3.63, 3.8) is 0 Å². The fourth-order valence-corrected chi connectivity index (χ4v) is 2.33. The molecule has 0 saturated carbocycles. The van der Waals surface area contributed by atoms with E-state index in [0.717, 1.165) is 35.4 Å². The van der Waals surface area contributed by atoms with E-state index in [9.17, 15) is 4.79 Å². The van der Waals surface area contributed by atoms with Gasteiger partial charge in [-0.3, -0.25) is 4.79 Å². The Morgan fingerprint density at radius 3 is 2.20 bits per heavy atom. The fraction of sp³-hybridized carbons (Fsp3) is 0.409. The van der Waals surface area contributed by atoms with Gasteiger partial charge in [0.15, 0.2) is 5.43 Å². The molecule has 1 heterocycles. The SMILES string of the molecule is CC.CC.CC.COc1ccc2c(=O)cc(C3=CCCC=C3)[nH]c2c1. The van der Waals surface area contributed by atoms with Crippen molar-refractivity contribution in [3.8, 4) is 5.75 Å². The van der Waals surface area contributed by atoms with E-state index in [0.29, 0.717) is 5.39 Å². The predicted molar refractivity (Wildman–Crippen MR) is 112 cm³/mol. The number of allylic oxidation sites excluding steroid dienone is 4. The zero-order valence-corrected chi connectivity index (χ0v) is 16.8. The van der Waals surface area contributed by atoms with Gasteiger partial charge < -0.3 is 9.72 Å².